The zero-order valence-electron chi connectivity index (χ0n) is 10.7. The van der Waals surface area contributed by atoms with Crippen molar-refractivity contribution in [1.29, 1.82) is 5.26 Å². The maximum absolute atomic E-state index is 12.1. The third kappa shape index (κ3) is 3.12. The molecule has 0 N–H and O–H groups in total. The van der Waals surface area contributed by atoms with Crippen LogP contribution in [-0.2, 0) is 6.54 Å². The van der Waals surface area contributed by atoms with E-state index in [0.29, 0.717) is 5.56 Å². The van der Waals surface area contributed by atoms with Crippen LogP contribution in [-0.4, -0.2) is 16.6 Å². The second kappa shape index (κ2) is 6.34. The van der Waals surface area contributed by atoms with E-state index in [1.165, 1.54) is 17.0 Å². The standard InChI is InChI=1S/C15H12N3O2/c16-7-6-14(19)13-10-17-8-9-18(13)11-15(20)12-4-2-1-3-5-12/h1-5,8-10H,6,11H2/q+1. The van der Waals surface area contributed by atoms with Crippen molar-refractivity contribution in [2.24, 2.45) is 0 Å². The Morgan fingerprint density at radius 1 is 1.20 bits per heavy atom. The van der Waals surface area contributed by atoms with Crippen LogP contribution in [0.4, 0.5) is 0 Å². The average Bonchev–Trinajstić information content (AvgIpc) is 2.49. The van der Waals surface area contributed by atoms with Crippen LogP contribution in [0, 0.1) is 11.3 Å². The Balaban J connectivity index is 2.24. The van der Waals surface area contributed by atoms with Gasteiger partial charge in [0.2, 0.25) is 18.1 Å². The summed E-state index contributed by atoms with van der Waals surface area (Å²) >= 11 is 0. The number of hydrogen-bond acceptors (Lipinski definition) is 4. The SMILES string of the molecule is N#CCC(=O)c1cncc[n+]1CC(=O)c1ccccc1. The average molecular weight is 266 g/mol. The Bertz CT molecular complexity index is 675. The maximum Gasteiger partial charge on any atom is 0.268 e. The molecule has 0 saturated carbocycles. The number of nitriles is 1. The van der Waals surface area contributed by atoms with Crippen molar-refractivity contribution in [1.82, 2.24) is 4.98 Å². The summed E-state index contributed by atoms with van der Waals surface area (Å²) in [5.74, 6) is -0.450. The number of aromatic nitrogens is 2. The molecule has 20 heavy (non-hydrogen) atoms. The van der Waals surface area contributed by atoms with Crippen molar-refractivity contribution in [3.05, 3.63) is 60.2 Å². The van der Waals surface area contributed by atoms with Crippen molar-refractivity contribution < 1.29 is 14.2 Å². The van der Waals surface area contributed by atoms with Crippen LogP contribution in [0.5, 0.6) is 0 Å². The van der Waals surface area contributed by atoms with Crippen molar-refractivity contribution >= 4 is 11.6 Å². The number of rotatable bonds is 5. The van der Waals surface area contributed by atoms with E-state index >= 15 is 0 Å². The van der Waals surface area contributed by atoms with E-state index in [1.807, 2.05) is 6.07 Å². The van der Waals surface area contributed by atoms with Crippen LogP contribution < -0.4 is 4.57 Å². The molecule has 0 spiro atoms. The fraction of sp³-hybridized carbons (Fsp3) is 0.133. The first-order chi connectivity index (χ1) is 9.72. The number of Topliss-reactive ketones (excluding diaryl/α,β-unsaturated/α-hetero) is 2. The number of hydrogen-bond donors (Lipinski definition) is 0. The molecule has 0 aliphatic heterocycles. The highest BCUT2D eigenvalue weighted by Crippen LogP contribution is 2.01. The molecule has 5 nitrogen and oxygen atoms in total. The fourth-order valence-electron chi connectivity index (χ4n) is 1.79. The first-order valence-electron chi connectivity index (χ1n) is 6.04. The summed E-state index contributed by atoms with van der Waals surface area (Å²) in [6.07, 6.45) is 4.20. The summed E-state index contributed by atoms with van der Waals surface area (Å²) in [6.45, 7) is 0.0407. The summed E-state index contributed by atoms with van der Waals surface area (Å²) in [4.78, 5) is 27.8. The van der Waals surface area contributed by atoms with Gasteiger partial charge in [-0.1, -0.05) is 30.3 Å². The topological polar surface area (TPSA) is 74.7 Å². The third-order valence-corrected chi connectivity index (χ3v) is 2.77. The molecule has 0 radical (unpaired) electrons. The largest absolute Gasteiger partial charge is 0.287 e. The molecule has 1 aromatic carbocycles. The van der Waals surface area contributed by atoms with Gasteiger partial charge in [-0.3, -0.25) is 14.6 Å². The van der Waals surface area contributed by atoms with Crippen LogP contribution in [0.2, 0.25) is 0 Å². The summed E-state index contributed by atoms with van der Waals surface area (Å²) in [7, 11) is 0. The van der Waals surface area contributed by atoms with E-state index in [1.54, 1.807) is 36.5 Å². The molecule has 0 saturated heterocycles. The Hall–Kier alpha value is -2.87. The first-order valence-corrected chi connectivity index (χ1v) is 6.04. The van der Waals surface area contributed by atoms with Gasteiger partial charge in [0.25, 0.3) is 5.69 Å². The summed E-state index contributed by atoms with van der Waals surface area (Å²) in [6, 6.07) is 10.6. The van der Waals surface area contributed by atoms with E-state index in [0.717, 1.165) is 0 Å². The van der Waals surface area contributed by atoms with Gasteiger partial charge in [-0.2, -0.15) is 9.83 Å². The molecule has 1 heterocycles. The normalized spacial score (nSPS) is 9.75. The van der Waals surface area contributed by atoms with Crippen LogP contribution >= 0.6 is 0 Å². The van der Waals surface area contributed by atoms with E-state index in [9.17, 15) is 9.59 Å². The molecule has 0 fully saturated rings. The Kier molecular flexibility index (Phi) is 4.30. The number of nitrogens with zero attached hydrogens (tertiary/aromatic N) is 3. The number of carbonyl (C=O) groups is 2. The van der Waals surface area contributed by atoms with E-state index in [2.05, 4.69) is 4.98 Å². The van der Waals surface area contributed by atoms with Crippen molar-refractivity contribution in [2.75, 3.05) is 0 Å². The maximum atomic E-state index is 12.1. The molecule has 0 bridgehead atoms. The minimum atomic E-state index is -0.346. The smallest absolute Gasteiger partial charge is 0.268 e. The lowest BCUT2D eigenvalue weighted by molar-refractivity contribution is -0.685. The molecule has 0 atom stereocenters. The monoisotopic (exact) mass is 266 g/mol. The Labute approximate surface area is 116 Å². The molecule has 2 aromatic rings. The number of carbonyl (C=O) groups excluding carboxylic acids is 2. The van der Waals surface area contributed by atoms with Gasteiger partial charge in [-0.25, -0.2) is 0 Å². The lowest BCUT2D eigenvalue weighted by Gasteiger charge is -2.01. The van der Waals surface area contributed by atoms with Crippen LogP contribution in [0.3, 0.4) is 0 Å². The van der Waals surface area contributed by atoms with Crippen molar-refractivity contribution in [3.8, 4) is 6.07 Å². The summed E-state index contributed by atoms with van der Waals surface area (Å²) in [5.41, 5.74) is 0.842. The zero-order chi connectivity index (χ0) is 14.4. The molecule has 0 amide bonds. The molecular formula is C15H12N3O2+. The molecule has 0 aliphatic carbocycles. The minimum Gasteiger partial charge on any atom is -0.287 e. The Morgan fingerprint density at radius 2 is 1.95 bits per heavy atom. The van der Waals surface area contributed by atoms with E-state index in [4.69, 9.17) is 5.26 Å². The number of benzene rings is 1. The summed E-state index contributed by atoms with van der Waals surface area (Å²) < 4.78 is 1.52. The highest BCUT2D eigenvalue weighted by Gasteiger charge is 2.21. The summed E-state index contributed by atoms with van der Waals surface area (Å²) in [5, 5.41) is 8.58. The van der Waals surface area contributed by atoms with Gasteiger partial charge in [0.1, 0.15) is 12.6 Å². The van der Waals surface area contributed by atoms with Crippen LogP contribution in [0.15, 0.2) is 48.9 Å². The van der Waals surface area contributed by atoms with Gasteiger partial charge < -0.3 is 0 Å². The van der Waals surface area contributed by atoms with Gasteiger partial charge in [0, 0.05) is 5.56 Å². The van der Waals surface area contributed by atoms with Crippen molar-refractivity contribution in [2.45, 2.75) is 13.0 Å². The van der Waals surface area contributed by atoms with E-state index < -0.39 is 0 Å². The van der Waals surface area contributed by atoms with Crippen molar-refractivity contribution in [3.63, 3.8) is 0 Å². The lowest BCUT2D eigenvalue weighted by Crippen LogP contribution is -2.43. The molecule has 5 heteroatoms. The zero-order valence-corrected chi connectivity index (χ0v) is 10.7. The molecule has 2 rings (SSSR count). The van der Waals surface area contributed by atoms with E-state index in [-0.39, 0.29) is 30.2 Å². The second-order valence-corrected chi connectivity index (χ2v) is 4.14. The highest BCUT2D eigenvalue weighted by atomic mass is 16.1. The quantitative estimate of drug-likeness (QED) is 0.604. The van der Waals surface area contributed by atoms with Gasteiger partial charge >= 0.3 is 0 Å². The lowest BCUT2D eigenvalue weighted by atomic mass is 10.1. The minimum absolute atomic E-state index is 0.0407. The second-order valence-electron chi connectivity index (χ2n) is 4.14. The van der Waals surface area contributed by atoms with Gasteiger partial charge in [-0.05, 0) is 0 Å². The van der Waals surface area contributed by atoms with Crippen LogP contribution in [0.25, 0.3) is 0 Å². The highest BCUT2D eigenvalue weighted by molar-refractivity contribution is 5.96. The molecule has 98 valence electrons. The van der Waals surface area contributed by atoms with Gasteiger partial charge in [0.05, 0.1) is 12.3 Å². The van der Waals surface area contributed by atoms with Gasteiger partial charge in [-0.15, -0.1) is 0 Å². The van der Waals surface area contributed by atoms with Gasteiger partial charge in [0.15, 0.2) is 6.20 Å². The Morgan fingerprint density at radius 3 is 2.65 bits per heavy atom. The number of ketones is 2. The predicted octanol–water partition coefficient (Wildman–Crippen LogP) is 1.35. The molecule has 0 unspecified atom stereocenters. The third-order valence-electron chi connectivity index (χ3n) is 2.77. The molecule has 1 aromatic heterocycles. The fourth-order valence-corrected chi connectivity index (χ4v) is 1.79. The molecule has 0 aliphatic rings. The molecular weight excluding hydrogens is 254 g/mol. The first kappa shape index (κ1) is 13.6. The van der Waals surface area contributed by atoms with Crippen LogP contribution in [0.1, 0.15) is 27.3 Å². The predicted molar refractivity (Wildman–Crippen MR) is 69.8 cm³/mol.